The number of sulfonamides is 1. The lowest BCUT2D eigenvalue weighted by Gasteiger charge is -2.50. The van der Waals surface area contributed by atoms with Crippen molar-refractivity contribution in [1.82, 2.24) is 19.3 Å². The van der Waals surface area contributed by atoms with Gasteiger partial charge in [0.15, 0.2) is 5.82 Å². The number of halogens is 1. The smallest absolute Gasteiger partial charge is 0.231 e. The first kappa shape index (κ1) is 19.6. The van der Waals surface area contributed by atoms with Gasteiger partial charge >= 0.3 is 0 Å². The van der Waals surface area contributed by atoms with Crippen LogP contribution in [0, 0.1) is 11.2 Å². The summed E-state index contributed by atoms with van der Waals surface area (Å²) in [7, 11) is -3.39. The van der Waals surface area contributed by atoms with E-state index in [0.717, 1.165) is 12.8 Å². The van der Waals surface area contributed by atoms with Gasteiger partial charge in [0.05, 0.1) is 18.6 Å². The van der Waals surface area contributed by atoms with Crippen LogP contribution in [0.1, 0.15) is 42.0 Å². The lowest BCUT2D eigenvalue weighted by atomic mass is 9.71. The Bertz CT molecular complexity index is 1090. The molecule has 1 spiro atoms. The molecule has 0 radical (unpaired) electrons. The summed E-state index contributed by atoms with van der Waals surface area (Å²) in [4.78, 5) is 18.9. The number of aromatic nitrogens is 2. The minimum atomic E-state index is -3.39. The summed E-state index contributed by atoms with van der Waals surface area (Å²) in [5.41, 5.74) is -0.100. The zero-order chi connectivity index (χ0) is 21.1. The van der Waals surface area contributed by atoms with Crippen LogP contribution in [0.15, 0.2) is 28.8 Å². The second kappa shape index (κ2) is 6.84. The van der Waals surface area contributed by atoms with Gasteiger partial charge in [-0.3, -0.25) is 4.79 Å². The molecule has 1 unspecified atom stereocenters. The number of hydrogen-bond acceptors (Lipinski definition) is 6. The van der Waals surface area contributed by atoms with E-state index < -0.39 is 21.3 Å². The second-order valence-electron chi connectivity index (χ2n) is 8.75. The van der Waals surface area contributed by atoms with Crippen molar-refractivity contribution in [3.63, 3.8) is 0 Å². The molecule has 160 valence electrons. The summed E-state index contributed by atoms with van der Waals surface area (Å²) in [6, 6.07) is 6.23. The van der Waals surface area contributed by atoms with E-state index in [1.54, 1.807) is 23.1 Å². The highest BCUT2D eigenvalue weighted by atomic mass is 32.2. The summed E-state index contributed by atoms with van der Waals surface area (Å²) in [5.74, 6) is 0.637. The molecule has 8 nitrogen and oxygen atoms in total. The predicted octanol–water partition coefficient (Wildman–Crippen LogP) is 1.52. The van der Waals surface area contributed by atoms with Gasteiger partial charge in [-0.1, -0.05) is 23.4 Å². The summed E-state index contributed by atoms with van der Waals surface area (Å²) >= 11 is 0. The number of rotatable bonds is 5. The van der Waals surface area contributed by atoms with E-state index in [-0.39, 0.29) is 24.8 Å². The molecule has 3 heterocycles. The van der Waals surface area contributed by atoms with Gasteiger partial charge in [-0.2, -0.15) is 4.98 Å². The molecule has 0 N–H and O–H groups in total. The van der Waals surface area contributed by atoms with E-state index in [2.05, 4.69) is 10.1 Å². The summed E-state index contributed by atoms with van der Waals surface area (Å²) in [5, 5.41) is 4.08. The second-order valence-corrected chi connectivity index (χ2v) is 10.7. The van der Waals surface area contributed by atoms with Crippen molar-refractivity contribution in [2.75, 3.05) is 32.4 Å². The molecule has 1 aliphatic carbocycles. The zero-order valence-electron chi connectivity index (χ0n) is 16.6. The number of amides is 1. The normalized spacial score (nSPS) is 23.7. The zero-order valence-corrected chi connectivity index (χ0v) is 17.4. The van der Waals surface area contributed by atoms with Crippen molar-refractivity contribution in [1.29, 1.82) is 0 Å². The molecular formula is C20H23FN4O4S. The van der Waals surface area contributed by atoms with Gasteiger partial charge in [-0.25, -0.2) is 17.1 Å². The highest BCUT2D eigenvalue weighted by Crippen LogP contribution is 2.50. The molecule has 3 aliphatic rings. The summed E-state index contributed by atoms with van der Waals surface area (Å²) < 4.78 is 45.2. The van der Waals surface area contributed by atoms with E-state index >= 15 is 0 Å². The average Bonchev–Trinajstić information content (AvgIpc) is 3.24. The van der Waals surface area contributed by atoms with Crippen LogP contribution in [0.3, 0.4) is 0 Å². The Balaban J connectivity index is 1.34. The Kier molecular flexibility index (Phi) is 4.48. The monoisotopic (exact) mass is 434 g/mol. The molecule has 2 saturated heterocycles. The Hall–Kier alpha value is -2.33. The van der Waals surface area contributed by atoms with Crippen LogP contribution < -0.4 is 0 Å². The lowest BCUT2D eigenvalue weighted by molar-refractivity contribution is -0.143. The first-order valence-corrected chi connectivity index (χ1v) is 11.9. The minimum Gasteiger partial charge on any atom is -0.341 e. The van der Waals surface area contributed by atoms with Crippen LogP contribution in [-0.4, -0.2) is 66.1 Å². The van der Waals surface area contributed by atoms with Gasteiger partial charge in [0.2, 0.25) is 21.8 Å². The highest BCUT2D eigenvalue weighted by molar-refractivity contribution is 7.88. The summed E-state index contributed by atoms with van der Waals surface area (Å²) in [6.07, 6.45) is 3.26. The maximum absolute atomic E-state index is 13.9. The number of carbonyl (C=O) groups excluding carboxylic acids is 1. The maximum atomic E-state index is 13.9. The van der Waals surface area contributed by atoms with Crippen molar-refractivity contribution >= 4 is 15.9 Å². The fraction of sp³-hybridized carbons (Fsp3) is 0.550. The van der Waals surface area contributed by atoms with Crippen LogP contribution in [0.4, 0.5) is 4.39 Å². The number of benzene rings is 1. The molecule has 1 amide bonds. The van der Waals surface area contributed by atoms with Gasteiger partial charge in [0, 0.05) is 37.5 Å². The summed E-state index contributed by atoms with van der Waals surface area (Å²) in [6.45, 7) is 1.35. The first-order valence-electron chi connectivity index (χ1n) is 10.0. The molecular weight excluding hydrogens is 411 g/mol. The minimum absolute atomic E-state index is 0.0183. The average molecular weight is 434 g/mol. The molecule has 1 aromatic heterocycles. The van der Waals surface area contributed by atoms with Crippen molar-refractivity contribution in [3.05, 3.63) is 47.4 Å². The van der Waals surface area contributed by atoms with Gasteiger partial charge in [-0.05, 0) is 24.5 Å². The number of likely N-dealkylation sites (tertiary alicyclic amines) is 1. The fourth-order valence-corrected chi connectivity index (χ4v) is 5.45. The molecule has 30 heavy (non-hydrogen) atoms. The number of carbonyl (C=O) groups is 1. The van der Waals surface area contributed by atoms with Crippen LogP contribution in [0.2, 0.25) is 0 Å². The molecule has 0 bridgehead atoms. The van der Waals surface area contributed by atoms with Crippen LogP contribution in [-0.2, 0) is 21.2 Å². The number of nitrogens with zero attached hydrogens (tertiary/aromatic N) is 4. The van der Waals surface area contributed by atoms with Crippen molar-refractivity contribution < 1.29 is 22.1 Å². The molecule has 3 fully saturated rings. The molecule has 1 saturated carbocycles. The third-order valence-corrected chi connectivity index (χ3v) is 7.66. The van der Waals surface area contributed by atoms with Gasteiger partial charge in [0.25, 0.3) is 0 Å². The molecule has 1 aromatic carbocycles. The van der Waals surface area contributed by atoms with E-state index in [1.807, 2.05) is 0 Å². The molecule has 1 atom stereocenters. The SMILES string of the molecule is CS(=O)(=O)N1CC(c2nc(C3CC3)no2)C2(CN(C(=O)Cc3ccccc3F)C2)C1. The fourth-order valence-electron chi connectivity index (χ4n) is 4.54. The molecule has 10 heteroatoms. The van der Waals surface area contributed by atoms with Crippen LogP contribution in [0.25, 0.3) is 0 Å². The molecule has 5 rings (SSSR count). The van der Waals surface area contributed by atoms with Crippen molar-refractivity contribution in [3.8, 4) is 0 Å². The van der Waals surface area contributed by atoms with E-state index in [1.165, 1.54) is 16.6 Å². The van der Waals surface area contributed by atoms with Crippen LogP contribution in [0.5, 0.6) is 0 Å². The topological polar surface area (TPSA) is 96.6 Å². The predicted molar refractivity (Wildman–Crippen MR) is 105 cm³/mol. The Morgan fingerprint density at radius 1 is 1.27 bits per heavy atom. The molecule has 2 aromatic rings. The number of hydrogen-bond donors (Lipinski definition) is 0. The van der Waals surface area contributed by atoms with Gasteiger partial charge in [-0.15, -0.1) is 0 Å². The standard InChI is InChI=1S/C20H23FN4O4S/c1-30(27,28)25-9-15(19-22-18(23-29-19)13-6-7-13)20(12-25)10-24(11-20)17(26)8-14-4-2-3-5-16(14)21/h2-5,13,15H,6-12H2,1H3. The maximum Gasteiger partial charge on any atom is 0.231 e. The van der Waals surface area contributed by atoms with E-state index in [9.17, 15) is 17.6 Å². The quantitative estimate of drug-likeness (QED) is 0.708. The van der Waals surface area contributed by atoms with Crippen molar-refractivity contribution in [2.24, 2.45) is 5.41 Å². The third kappa shape index (κ3) is 3.41. The third-order valence-electron chi connectivity index (χ3n) is 6.45. The first-order chi connectivity index (χ1) is 14.2. The Labute approximate surface area is 174 Å². The van der Waals surface area contributed by atoms with Gasteiger partial charge in [0.1, 0.15) is 5.82 Å². The van der Waals surface area contributed by atoms with E-state index in [0.29, 0.717) is 42.8 Å². The van der Waals surface area contributed by atoms with E-state index in [4.69, 9.17) is 4.52 Å². The van der Waals surface area contributed by atoms with Crippen LogP contribution >= 0.6 is 0 Å². The Morgan fingerprint density at radius 3 is 2.67 bits per heavy atom. The van der Waals surface area contributed by atoms with Gasteiger partial charge < -0.3 is 9.42 Å². The van der Waals surface area contributed by atoms with Crippen molar-refractivity contribution in [2.45, 2.75) is 31.1 Å². The lowest BCUT2D eigenvalue weighted by Crippen LogP contribution is -2.62. The largest absolute Gasteiger partial charge is 0.341 e. The molecule has 2 aliphatic heterocycles. The Morgan fingerprint density at radius 2 is 2.00 bits per heavy atom. The highest BCUT2D eigenvalue weighted by Gasteiger charge is 2.59.